The van der Waals surface area contributed by atoms with Crippen LogP contribution in [0.4, 0.5) is 4.79 Å². The molecular formula is C37H62N6O8S. The van der Waals surface area contributed by atoms with Crippen LogP contribution in [0, 0.1) is 17.3 Å². The summed E-state index contributed by atoms with van der Waals surface area (Å²) in [6, 6.07) is -0.365. The Morgan fingerprint density at radius 1 is 1.04 bits per heavy atom. The lowest BCUT2D eigenvalue weighted by atomic mass is 9.85. The predicted molar refractivity (Wildman–Crippen MR) is 200 cm³/mol. The Labute approximate surface area is 313 Å². The first-order valence-corrected chi connectivity index (χ1v) is 19.0. The number of likely N-dealkylation sites (N-methyl/N-ethyl adjacent to an activating group) is 1. The van der Waals surface area contributed by atoms with E-state index in [1.165, 1.54) is 21.1 Å². The van der Waals surface area contributed by atoms with Crippen LogP contribution in [0.2, 0.25) is 0 Å². The van der Waals surface area contributed by atoms with Gasteiger partial charge in [-0.05, 0) is 68.7 Å². The lowest BCUT2D eigenvalue weighted by molar-refractivity contribution is -0.144. The normalized spacial score (nSPS) is 18.5. The standard InChI is InChI=1S/C37H62N6O8S/c1-12-13-15-24(29(45)32(47)38-21-26(44)40-27(33(48)42(10)11)25-16-14-19-52-25)39-31(46)28-23(20-22(2)3)17-18-43(28)34(49)30(36(4,5)6)41-35(50)51-37(7,8)9/h14,16,19,22-24,27-30,45H,12-13,15,17-18,20-21H2,1-11H3,(H,38,47)(H,39,46)(H,40,44)(H,41,50)/t23-,24?,27+,28+,29?,30-/m1/s1. The topological polar surface area (TPSA) is 186 Å². The molecule has 52 heavy (non-hydrogen) atoms. The average Bonchev–Trinajstić information content (AvgIpc) is 3.71. The highest BCUT2D eigenvalue weighted by molar-refractivity contribution is 7.10. The third kappa shape index (κ3) is 13.4. The maximum atomic E-state index is 14.2. The Hall–Kier alpha value is -3.72. The first-order valence-electron chi connectivity index (χ1n) is 18.2. The fourth-order valence-electron chi connectivity index (χ4n) is 6.19. The molecular weight excluding hydrogens is 689 g/mol. The lowest BCUT2D eigenvalue weighted by Gasteiger charge is -2.37. The molecule has 0 bridgehead atoms. The molecule has 2 heterocycles. The number of aliphatic hydroxyl groups excluding tert-OH is 1. The highest BCUT2D eigenvalue weighted by Crippen LogP contribution is 2.33. The molecule has 1 aromatic heterocycles. The molecule has 2 rings (SSSR count). The fraction of sp³-hybridized carbons (Fsp3) is 0.730. The molecule has 2 unspecified atom stereocenters. The minimum absolute atomic E-state index is 0.200. The van der Waals surface area contributed by atoms with E-state index in [4.69, 9.17) is 4.74 Å². The van der Waals surface area contributed by atoms with Crippen LogP contribution in [-0.4, -0.2) is 108 Å². The quantitative estimate of drug-likeness (QED) is 0.170. The molecule has 0 saturated carbocycles. The van der Waals surface area contributed by atoms with Gasteiger partial charge in [-0.15, -0.1) is 11.3 Å². The maximum absolute atomic E-state index is 14.2. The smallest absolute Gasteiger partial charge is 0.408 e. The highest BCUT2D eigenvalue weighted by atomic mass is 32.1. The molecule has 1 aromatic rings. The van der Waals surface area contributed by atoms with Gasteiger partial charge >= 0.3 is 6.09 Å². The number of thiophene rings is 1. The summed E-state index contributed by atoms with van der Waals surface area (Å²) in [5.41, 5.74) is -1.50. The molecule has 5 N–H and O–H groups in total. The summed E-state index contributed by atoms with van der Waals surface area (Å²) < 4.78 is 5.45. The van der Waals surface area contributed by atoms with Crippen LogP contribution in [0.1, 0.15) is 105 Å². The molecule has 6 amide bonds. The van der Waals surface area contributed by atoms with Gasteiger partial charge in [0, 0.05) is 25.5 Å². The van der Waals surface area contributed by atoms with Gasteiger partial charge in [-0.1, -0.05) is 60.5 Å². The van der Waals surface area contributed by atoms with Crippen LogP contribution in [0.5, 0.6) is 0 Å². The van der Waals surface area contributed by atoms with Gasteiger partial charge in [0.05, 0.1) is 12.6 Å². The summed E-state index contributed by atoms with van der Waals surface area (Å²) in [6.45, 7) is 16.4. The van der Waals surface area contributed by atoms with Crippen molar-refractivity contribution in [2.24, 2.45) is 17.3 Å². The zero-order chi connectivity index (χ0) is 39.6. The number of hydrogen-bond donors (Lipinski definition) is 5. The van der Waals surface area contributed by atoms with E-state index in [0.717, 1.165) is 6.42 Å². The number of unbranched alkanes of at least 4 members (excludes halogenated alkanes) is 1. The van der Waals surface area contributed by atoms with E-state index in [0.29, 0.717) is 24.1 Å². The van der Waals surface area contributed by atoms with Crippen LogP contribution in [-0.2, 0) is 28.7 Å². The Morgan fingerprint density at radius 2 is 1.69 bits per heavy atom. The van der Waals surface area contributed by atoms with E-state index < -0.39 is 77.6 Å². The zero-order valence-electron chi connectivity index (χ0n) is 32.8. The Morgan fingerprint density at radius 3 is 2.21 bits per heavy atom. The Kier molecular flexibility index (Phi) is 16.6. The van der Waals surface area contributed by atoms with E-state index in [1.54, 1.807) is 52.4 Å². The van der Waals surface area contributed by atoms with Crippen LogP contribution in [0.3, 0.4) is 0 Å². The second kappa shape index (κ2) is 19.4. The van der Waals surface area contributed by atoms with Gasteiger partial charge in [-0.2, -0.15) is 0 Å². The van der Waals surface area contributed by atoms with Crippen LogP contribution < -0.4 is 21.3 Å². The number of hydrogen-bond acceptors (Lipinski definition) is 9. The van der Waals surface area contributed by atoms with Crippen molar-refractivity contribution in [2.45, 2.75) is 130 Å². The summed E-state index contributed by atoms with van der Waals surface area (Å²) in [6.07, 6.45) is 0.341. The third-order valence-corrected chi connectivity index (χ3v) is 9.65. The number of amides is 6. The van der Waals surface area contributed by atoms with Crippen LogP contribution in [0.15, 0.2) is 17.5 Å². The zero-order valence-corrected chi connectivity index (χ0v) is 33.6. The number of aliphatic hydroxyl groups is 1. The summed E-state index contributed by atoms with van der Waals surface area (Å²) in [7, 11) is 3.15. The van der Waals surface area contributed by atoms with Crippen molar-refractivity contribution in [3.8, 4) is 0 Å². The average molecular weight is 751 g/mol. The number of carbonyl (C=O) groups excluding carboxylic acids is 6. The number of carbonyl (C=O) groups is 6. The van der Waals surface area contributed by atoms with Gasteiger partial charge in [-0.3, -0.25) is 24.0 Å². The SMILES string of the molecule is CCCCC(NC(=O)[C@@H]1[C@@H](CC(C)C)CCN1C(=O)[C@@H](NC(=O)OC(C)(C)C)C(C)(C)C)C(O)C(=O)NCC(=O)N[C@H](C(=O)N(C)C)c1cccs1. The molecule has 15 heteroatoms. The van der Waals surface area contributed by atoms with Crippen molar-refractivity contribution in [1.29, 1.82) is 0 Å². The Balaban J connectivity index is 2.26. The highest BCUT2D eigenvalue weighted by Gasteiger charge is 2.47. The molecule has 1 aliphatic heterocycles. The molecule has 1 fully saturated rings. The molecule has 14 nitrogen and oxygen atoms in total. The van der Waals surface area contributed by atoms with Crippen LogP contribution >= 0.6 is 11.3 Å². The molecule has 1 saturated heterocycles. The minimum atomic E-state index is -1.70. The van der Waals surface area contributed by atoms with E-state index in [-0.39, 0.29) is 30.7 Å². The summed E-state index contributed by atoms with van der Waals surface area (Å²) in [4.78, 5) is 83.6. The van der Waals surface area contributed by atoms with Gasteiger partial charge in [0.1, 0.15) is 23.7 Å². The predicted octanol–water partition coefficient (Wildman–Crippen LogP) is 3.35. The number of rotatable bonds is 16. The van der Waals surface area contributed by atoms with Crippen molar-refractivity contribution in [3.63, 3.8) is 0 Å². The van der Waals surface area contributed by atoms with Gasteiger partial charge < -0.3 is 40.9 Å². The maximum Gasteiger partial charge on any atom is 0.408 e. The molecule has 0 aromatic carbocycles. The third-order valence-electron chi connectivity index (χ3n) is 8.71. The molecule has 6 atom stereocenters. The second-order valence-electron chi connectivity index (χ2n) is 16.3. The van der Waals surface area contributed by atoms with E-state index >= 15 is 0 Å². The second-order valence-corrected chi connectivity index (χ2v) is 17.2. The number of alkyl carbamates (subject to hydrolysis) is 1. The van der Waals surface area contributed by atoms with Crippen molar-refractivity contribution < 1.29 is 38.6 Å². The molecule has 1 aliphatic rings. The van der Waals surface area contributed by atoms with Gasteiger partial charge in [0.25, 0.3) is 5.91 Å². The minimum Gasteiger partial charge on any atom is -0.444 e. The van der Waals surface area contributed by atoms with Crippen LogP contribution in [0.25, 0.3) is 0 Å². The molecule has 0 aliphatic carbocycles. The molecule has 0 radical (unpaired) electrons. The van der Waals surface area contributed by atoms with E-state index in [1.807, 2.05) is 41.5 Å². The number of nitrogens with one attached hydrogen (secondary N) is 4. The van der Waals surface area contributed by atoms with Crippen molar-refractivity contribution in [1.82, 2.24) is 31.1 Å². The van der Waals surface area contributed by atoms with E-state index in [9.17, 15) is 33.9 Å². The number of ether oxygens (including phenoxy) is 1. The van der Waals surface area contributed by atoms with Crippen molar-refractivity contribution in [3.05, 3.63) is 22.4 Å². The number of nitrogens with zero attached hydrogens (tertiary/aromatic N) is 2. The van der Waals surface area contributed by atoms with Gasteiger partial charge in [0.2, 0.25) is 23.6 Å². The fourth-order valence-corrected chi connectivity index (χ4v) is 6.95. The lowest BCUT2D eigenvalue weighted by Crippen LogP contribution is -2.60. The first-order chi connectivity index (χ1) is 24.1. The largest absolute Gasteiger partial charge is 0.444 e. The van der Waals surface area contributed by atoms with E-state index in [2.05, 4.69) is 21.3 Å². The summed E-state index contributed by atoms with van der Waals surface area (Å²) in [5, 5.41) is 23.7. The summed E-state index contributed by atoms with van der Waals surface area (Å²) >= 11 is 1.31. The molecule has 294 valence electrons. The summed E-state index contributed by atoms with van der Waals surface area (Å²) in [5.74, 6) is -2.74. The Bertz CT molecular complexity index is 1370. The van der Waals surface area contributed by atoms with Gasteiger partial charge in [0.15, 0.2) is 6.10 Å². The first kappa shape index (κ1) is 44.4. The molecule has 0 spiro atoms. The monoisotopic (exact) mass is 750 g/mol. The van der Waals surface area contributed by atoms with Crippen molar-refractivity contribution in [2.75, 3.05) is 27.2 Å². The van der Waals surface area contributed by atoms with Gasteiger partial charge in [-0.25, -0.2) is 4.79 Å². The van der Waals surface area contributed by atoms with Crippen molar-refractivity contribution >= 4 is 47.0 Å². The number of likely N-dealkylation sites (tertiary alicyclic amines) is 1.